The summed E-state index contributed by atoms with van der Waals surface area (Å²) in [4.78, 5) is 14.8. The van der Waals surface area contributed by atoms with Crippen LogP contribution in [0.25, 0.3) is 131 Å². The molecule has 0 bridgehead atoms. The number of fused-ring (bicyclic) bond motifs is 15. The van der Waals surface area contributed by atoms with Crippen molar-refractivity contribution in [1.29, 1.82) is 0 Å². The third kappa shape index (κ3) is 5.55. The predicted octanol–water partition coefficient (Wildman–Crippen LogP) is 16.4. The van der Waals surface area contributed by atoms with Crippen LogP contribution in [0.5, 0.6) is 0 Å². The van der Waals surface area contributed by atoms with Gasteiger partial charge < -0.3 is 13.6 Å². The van der Waals surface area contributed by atoms with Gasteiger partial charge in [0, 0.05) is 74.9 Å². The molecule has 0 amide bonds. The Balaban J connectivity index is 1.21. The highest BCUT2D eigenvalue weighted by Gasteiger charge is 2.40. The quantitative estimate of drug-likeness (QED) is 0.173. The van der Waals surface area contributed by atoms with Crippen LogP contribution in [0.2, 0.25) is 0 Å². The summed E-state index contributed by atoms with van der Waals surface area (Å²) in [5.74, 6) is 0.758. The summed E-state index contributed by atoms with van der Waals surface area (Å²) in [6, 6.07) is 62.0. The number of para-hydroxylation sites is 4. The van der Waals surface area contributed by atoms with Crippen LogP contribution in [0.4, 0.5) is 13.2 Å². The van der Waals surface area contributed by atoms with E-state index in [0.717, 1.165) is 58.4 Å². The molecule has 0 aliphatic rings. The molecule has 0 unspecified atom stereocenters. The number of thiophene rings is 1. The van der Waals surface area contributed by atoms with Crippen molar-refractivity contribution in [3.63, 3.8) is 0 Å². The van der Waals surface area contributed by atoms with E-state index in [1.165, 1.54) is 6.07 Å². The van der Waals surface area contributed by atoms with Gasteiger partial charge in [0.05, 0.1) is 27.6 Å². The Kier molecular flexibility index (Phi) is 8.21. The van der Waals surface area contributed by atoms with E-state index in [9.17, 15) is 0 Å². The van der Waals surface area contributed by atoms with Gasteiger partial charge in [0.15, 0.2) is 23.1 Å². The Bertz CT molecular complexity index is 4300. The van der Waals surface area contributed by atoms with E-state index in [0.29, 0.717) is 50.2 Å². The Morgan fingerprint density at radius 1 is 0.456 bits per heavy atom. The number of benzene rings is 9. The SMILES string of the molecule is FC(F)(F)c1cc(-c2nc(-c3ccccc3)nc(-c3ccccc3)n2)c2c(oc3ccccc32)c1-n1c2ccccc2c2c3sc4ccccc4c3c3c(c4ccccc4n3-c3ccccc3)c21. The van der Waals surface area contributed by atoms with Gasteiger partial charge in [0.2, 0.25) is 0 Å². The third-order valence-electron chi connectivity index (χ3n) is 13.2. The smallest absolute Gasteiger partial charge is 0.418 e. The van der Waals surface area contributed by atoms with Gasteiger partial charge in [-0.3, -0.25) is 0 Å². The zero-order valence-corrected chi connectivity index (χ0v) is 36.5. The second-order valence-electron chi connectivity index (χ2n) is 16.9. The molecule has 14 aromatic rings. The van der Waals surface area contributed by atoms with E-state index in [-0.39, 0.29) is 22.7 Å². The number of furan rings is 1. The number of rotatable bonds is 5. The van der Waals surface area contributed by atoms with Gasteiger partial charge in [-0.15, -0.1) is 11.3 Å². The monoisotopic (exact) mass is 903 g/mol. The van der Waals surface area contributed by atoms with Gasteiger partial charge in [-0.05, 0) is 42.5 Å². The fraction of sp³-hybridized carbons (Fsp3) is 0.0172. The van der Waals surface area contributed by atoms with Crippen molar-refractivity contribution in [2.75, 3.05) is 0 Å². The van der Waals surface area contributed by atoms with Crippen LogP contribution in [0.3, 0.4) is 0 Å². The van der Waals surface area contributed by atoms with Crippen molar-refractivity contribution in [2.24, 2.45) is 0 Å². The van der Waals surface area contributed by atoms with Gasteiger partial charge in [-0.1, -0.05) is 152 Å². The summed E-state index contributed by atoms with van der Waals surface area (Å²) in [5.41, 5.74) is 5.15. The highest BCUT2D eigenvalue weighted by atomic mass is 32.1. The van der Waals surface area contributed by atoms with Gasteiger partial charge in [-0.25, -0.2) is 15.0 Å². The van der Waals surface area contributed by atoms with E-state index in [1.807, 2.05) is 144 Å². The third-order valence-corrected chi connectivity index (χ3v) is 14.3. The highest BCUT2D eigenvalue weighted by Crippen LogP contribution is 2.54. The average Bonchev–Trinajstić information content (AvgIpc) is 4.14. The lowest BCUT2D eigenvalue weighted by Crippen LogP contribution is -2.12. The number of hydrogen-bond donors (Lipinski definition) is 0. The number of aromatic nitrogens is 5. The van der Waals surface area contributed by atoms with Crippen LogP contribution in [0, 0.1) is 0 Å². The Labute approximate surface area is 388 Å². The molecular weight excluding hydrogens is 872 g/mol. The first-order valence-electron chi connectivity index (χ1n) is 22.2. The predicted molar refractivity (Wildman–Crippen MR) is 270 cm³/mol. The maximum atomic E-state index is 16.7. The summed E-state index contributed by atoms with van der Waals surface area (Å²) >= 11 is 1.66. The van der Waals surface area contributed by atoms with Crippen LogP contribution in [-0.2, 0) is 6.18 Å². The van der Waals surface area contributed by atoms with E-state index in [4.69, 9.17) is 19.4 Å². The van der Waals surface area contributed by atoms with E-state index in [2.05, 4.69) is 47.0 Å². The van der Waals surface area contributed by atoms with Crippen molar-refractivity contribution < 1.29 is 17.6 Å². The molecule has 5 heterocycles. The lowest BCUT2D eigenvalue weighted by Gasteiger charge is -2.19. The molecule has 68 heavy (non-hydrogen) atoms. The van der Waals surface area contributed by atoms with Crippen molar-refractivity contribution in [2.45, 2.75) is 6.18 Å². The van der Waals surface area contributed by atoms with Gasteiger partial charge >= 0.3 is 6.18 Å². The summed E-state index contributed by atoms with van der Waals surface area (Å²) in [5, 5.41) is 6.68. The minimum atomic E-state index is -4.88. The van der Waals surface area contributed by atoms with Crippen LogP contribution in [0.1, 0.15) is 5.56 Å². The van der Waals surface area contributed by atoms with E-state index >= 15 is 13.2 Å². The largest absolute Gasteiger partial charge is 0.454 e. The molecule has 0 saturated carbocycles. The van der Waals surface area contributed by atoms with Crippen LogP contribution < -0.4 is 0 Å². The average molecular weight is 904 g/mol. The first kappa shape index (κ1) is 38.6. The number of halogens is 3. The van der Waals surface area contributed by atoms with Crippen LogP contribution in [-0.4, -0.2) is 24.1 Å². The molecule has 10 heteroatoms. The molecule has 0 N–H and O–H groups in total. The van der Waals surface area contributed by atoms with E-state index < -0.39 is 11.7 Å². The minimum absolute atomic E-state index is 0.0676. The molecule has 0 aliphatic carbocycles. The molecule has 9 aromatic carbocycles. The molecule has 6 nitrogen and oxygen atoms in total. The Morgan fingerprint density at radius 2 is 0.956 bits per heavy atom. The standard InChI is InChI=1S/C58H32F3N5OS/c59-58(60,61)41-32-40(57-63-55(33-18-4-1-5-19-33)62-56(64-57)34-20-6-2-7-21-34)46-38-26-12-16-30-44(38)67-53(46)50(41)66-43-29-15-11-25-37(43)48-52(66)47-36-24-10-14-28-42(36)65(35-22-8-3-9-23-35)51(47)49-39-27-13-17-31-45(39)68-54(48)49/h1-32H. The normalized spacial score (nSPS) is 12.3. The molecule has 0 saturated heterocycles. The zero-order valence-electron chi connectivity index (χ0n) is 35.7. The fourth-order valence-corrected chi connectivity index (χ4v) is 11.7. The summed E-state index contributed by atoms with van der Waals surface area (Å²) in [6.45, 7) is 0. The molecular formula is C58H32F3N5OS. The second kappa shape index (κ2) is 14.4. The van der Waals surface area contributed by atoms with Gasteiger partial charge in [0.1, 0.15) is 11.3 Å². The first-order valence-corrected chi connectivity index (χ1v) is 23.0. The van der Waals surface area contributed by atoms with Crippen molar-refractivity contribution in [3.05, 3.63) is 200 Å². The summed E-state index contributed by atoms with van der Waals surface area (Å²) in [6.07, 6.45) is -4.88. The molecule has 0 spiro atoms. The highest BCUT2D eigenvalue weighted by molar-refractivity contribution is 7.27. The molecule has 0 fully saturated rings. The van der Waals surface area contributed by atoms with Crippen molar-refractivity contribution >= 4 is 97.1 Å². The second-order valence-corrected chi connectivity index (χ2v) is 18.0. The zero-order chi connectivity index (χ0) is 45.3. The van der Waals surface area contributed by atoms with Crippen LogP contribution >= 0.6 is 11.3 Å². The number of alkyl halides is 3. The first-order chi connectivity index (χ1) is 33.4. The minimum Gasteiger partial charge on any atom is -0.454 e. The number of hydrogen-bond acceptors (Lipinski definition) is 5. The Morgan fingerprint density at radius 3 is 1.62 bits per heavy atom. The molecule has 5 aromatic heterocycles. The van der Waals surface area contributed by atoms with Crippen LogP contribution in [0.15, 0.2) is 199 Å². The molecule has 0 aliphatic heterocycles. The van der Waals surface area contributed by atoms with Crippen molar-refractivity contribution in [3.8, 4) is 45.5 Å². The maximum Gasteiger partial charge on any atom is 0.418 e. The maximum absolute atomic E-state index is 16.7. The lowest BCUT2D eigenvalue weighted by molar-refractivity contribution is -0.137. The molecule has 14 rings (SSSR count). The topological polar surface area (TPSA) is 61.7 Å². The molecule has 322 valence electrons. The summed E-state index contributed by atoms with van der Waals surface area (Å²) in [7, 11) is 0. The summed E-state index contributed by atoms with van der Waals surface area (Å²) < 4.78 is 63.1. The van der Waals surface area contributed by atoms with Crippen molar-refractivity contribution in [1.82, 2.24) is 24.1 Å². The molecule has 0 radical (unpaired) electrons. The van der Waals surface area contributed by atoms with E-state index in [1.54, 1.807) is 17.4 Å². The van der Waals surface area contributed by atoms with Gasteiger partial charge in [-0.2, -0.15) is 13.2 Å². The Hall–Kier alpha value is -8.60. The lowest BCUT2D eigenvalue weighted by atomic mass is 9.99. The molecule has 0 atom stereocenters. The number of nitrogens with zero attached hydrogens (tertiary/aromatic N) is 5. The fourth-order valence-electron chi connectivity index (χ4n) is 10.4. The van der Waals surface area contributed by atoms with Gasteiger partial charge in [0.25, 0.3) is 0 Å².